The Morgan fingerprint density at radius 1 is 1.36 bits per heavy atom. The zero-order valence-electron chi connectivity index (χ0n) is 16.0. The molecule has 0 N–H and O–H groups in total. The molecule has 0 saturated carbocycles. The first-order valence-electron chi connectivity index (χ1n) is 9.68. The lowest BCUT2D eigenvalue weighted by Crippen LogP contribution is -2.41. The predicted molar refractivity (Wildman–Crippen MR) is 102 cm³/mol. The van der Waals surface area contributed by atoms with E-state index in [1.54, 1.807) is 17.1 Å². The summed E-state index contributed by atoms with van der Waals surface area (Å²) < 4.78 is 7.05. The van der Waals surface area contributed by atoms with Gasteiger partial charge < -0.3 is 9.42 Å². The SMILES string of the molecule is Cc1ccn(CC(=O)N2CCCC(CCc3noc(-c4cccnc4)n3)C2)n1. The lowest BCUT2D eigenvalue weighted by molar-refractivity contribution is -0.133. The smallest absolute Gasteiger partial charge is 0.259 e. The molecule has 4 heterocycles. The van der Waals surface area contributed by atoms with Crippen molar-refractivity contribution in [3.05, 3.63) is 48.3 Å². The van der Waals surface area contributed by atoms with Gasteiger partial charge in [-0.2, -0.15) is 10.1 Å². The van der Waals surface area contributed by atoms with Gasteiger partial charge in [-0.15, -0.1) is 0 Å². The second-order valence-corrected chi connectivity index (χ2v) is 7.30. The average molecular weight is 380 g/mol. The Labute approximate surface area is 163 Å². The quantitative estimate of drug-likeness (QED) is 0.653. The molecule has 0 spiro atoms. The van der Waals surface area contributed by atoms with Crippen LogP contribution in [-0.2, 0) is 17.8 Å². The number of nitrogens with zero attached hydrogens (tertiary/aromatic N) is 6. The van der Waals surface area contributed by atoms with Gasteiger partial charge in [0.1, 0.15) is 6.54 Å². The minimum atomic E-state index is 0.131. The molecule has 8 nitrogen and oxygen atoms in total. The van der Waals surface area contributed by atoms with Crippen molar-refractivity contribution in [3.63, 3.8) is 0 Å². The van der Waals surface area contributed by atoms with E-state index in [9.17, 15) is 4.79 Å². The molecule has 1 unspecified atom stereocenters. The number of hydrogen-bond donors (Lipinski definition) is 0. The topological polar surface area (TPSA) is 89.9 Å². The lowest BCUT2D eigenvalue weighted by Gasteiger charge is -2.32. The summed E-state index contributed by atoms with van der Waals surface area (Å²) >= 11 is 0. The summed E-state index contributed by atoms with van der Waals surface area (Å²) in [6, 6.07) is 5.66. The fraction of sp³-hybridized carbons (Fsp3) is 0.450. The molecule has 8 heteroatoms. The minimum absolute atomic E-state index is 0.131. The summed E-state index contributed by atoms with van der Waals surface area (Å²) in [5, 5.41) is 8.39. The van der Waals surface area contributed by atoms with Gasteiger partial charge in [0.05, 0.1) is 11.3 Å². The summed E-state index contributed by atoms with van der Waals surface area (Å²) in [5.74, 6) is 1.79. The van der Waals surface area contributed by atoms with Gasteiger partial charge in [-0.1, -0.05) is 5.16 Å². The molecule has 1 fully saturated rings. The highest BCUT2D eigenvalue weighted by molar-refractivity contribution is 5.76. The average Bonchev–Trinajstić information content (AvgIpc) is 3.36. The summed E-state index contributed by atoms with van der Waals surface area (Å²) in [6.45, 7) is 3.84. The second-order valence-electron chi connectivity index (χ2n) is 7.30. The van der Waals surface area contributed by atoms with Crippen molar-refractivity contribution in [2.45, 2.75) is 39.2 Å². The standard InChI is InChI=1S/C20H24N6O2/c1-15-8-11-26(23-15)14-19(27)25-10-3-4-16(13-25)6-7-18-22-20(28-24-18)17-5-2-9-21-12-17/h2,5,8-9,11-12,16H,3-4,6-7,10,13-14H2,1H3. The summed E-state index contributed by atoms with van der Waals surface area (Å²) in [7, 11) is 0. The van der Waals surface area contributed by atoms with Crippen LogP contribution >= 0.6 is 0 Å². The molecule has 28 heavy (non-hydrogen) atoms. The molecular formula is C20H24N6O2. The van der Waals surface area contributed by atoms with Crippen molar-refractivity contribution >= 4 is 5.91 Å². The molecule has 4 rings (SSSR count). The Balaban J connectivity index is 1.29. The Bertz CT molecular complexity index is 920. The maximum absolute atomic E-state index is 12.6. The largest absolute Gasteiger partial charge is 0.341 e. The van der Waals surface area contributed by atoms with E-state index in [0.717, 1.165) is 50.0 Å². The van der Waals surface area contributed by atoms with Crippen LogP contribution < -0.4 is 0 Å². The Morgan fingerprint density at radius 3 is 3.07 bits per heavy atom. The van der Waals surface area contributed by atoms with Crippen molar-refractivity contribution in [2.75, 3.05) is 13.1 Å². The highest BCUT2D eigenvalue weighted by atomic mass is 16.5. The number of carbonyl (C=O) groups is 1. The first-order valence-corrected chi connectivity index (χ1v) is 9.68. The van der Waals surface area contributed by atoms with Crippen LogP contribution in [0.15, 0.2) is 41.3 Å². The van der Waals surface area contributed by atoms with Crippen LogP contribution in [0.4, 0.5) is 0 Å². The van der Waals surface area contributed by atoms with Crippen molar-refractivity contribution in [2.24, 2.45) is 5.92 Å². The first kappa shape index (κ1) is 18.3. The summed E-state index contributed by atoms with van der Waals surface area (Å²) in [6.07, 6.45) is 9.11. The van der Waals surface area contributed by atoms with Crippen molar-refractivity contribution < 1.29 is 9.32 Å². The summed E-state index contributed by atoms with van der Waals surface area (Å²) in [5.41, 5.74) is 1.75. The monoisotopic (exact) mass is 380 g/mol. The molecule has 1 saturated heterocycles. The molecule has 0 bridgehead atoms. The fourth-order valence-corrected chi connectivity index (χ4v) is 3.61. The summed E-state index contributed by atoms with van der Waals surface area (Å²) in [4.78, 5) is 23.1. The van der Waals surface area contributed by atoms with Crippen LogP contribution in [0.25, 0.3) is 11.5 Å². The molecule has 0 aromatic carbocycles. The van der Waals surface area contributed by atoms with Crippen LogP contribution in [0, 0.1) is 12.8 Å². The molecule has 0 radical (unpaired) electrons. The maximum Gasteiger partial charge on any atom is 0.259 e. The third kappa shape index (κ3) is 4.44. The van der Waals surface area contributed by atoms with Crippen LogP contribution in [0.1, 0.15) is 30.8 Å². The van der Waals surface area contributed by atoms with Gasteiger partial charge in [-0.25, -0.2) is 0 Å². The second kappa shape index (κ2) is 8.33. The van der Waals surface area contributed by atoms with Crippen LogP contribution in [0.3, 0.4) is 0 Å². The van der Waals surface area contributed by atoms with Gasteiger partial charge in [-0.05, 0) is 50.3 Å². The van der Waals surface area contributed by atoms with E-state index in [1.165, 1.54) is 0 Å². The Morgan fingerprint density at radius 2 is 2.29 bits per heavy atom. The van der Waals surface area contributed by atoms with Crippen molar-refractivity contribution in [3.8, 4) is 11.5 Å². The van der Waals surface area contributed by atoms with Gasteiger partial charge in [0.2, 0.25) is 5.91 Å². The molecular weight excluding hydrogens is 356 g/mol. The lowest BCUT2D eigenvalue weighted by atomic mass is 9.93. The number of rotatable bonds is 6. The molecule has 146 valence electrons. The fourth-order valence-electron chi connectivity index (χ4n) is 3.61. The number of aromatic nitrogens is 5. The van der Waals surface area contributed by atoms with Gasteiger partial charge in [0.25, 0.3) is 5.89 Å². The third-order valence-corrected chi connectivity index (χ3v) is 5.10. The highest BCUT2D eigenvalue weighted by Gasteiger charge is 2.24. The number of likely N-dealkylation sites (tertiary alicyclic amines) is 1. The number of hydrogen-bond acceptors (Lipinski definition) is 6. The highest BCUT2D eigenvalue weighted by Crippen LogP contribution is 2.22. The van der Waals surface area contributed by atoms with Gasteiger partial charge in [0.15, 0.2) is 5.82 Å². The number of piperidine rings is 1. The number of amides is 1. The zero-order valence-corrected chi connectivity index (χ0v) is 16.0. The van der Waals surface area contributed by atoms with E-state index in [2.05, 4.69) is 20.2 Å². The first-order chi connectivity index (χ1) is 13.7. The van der Waals surface area contributed by atoms with E-state index >= 15 is 0 Å². The van der Waals surface area contributed by atoms with E-state index in [0.29, 0.717) is 24.2 Å². The number of pyridine rings is 1. The zero-order chi connectivity index (χ0) is 19.3. The molecule has 3 aromatic rings. The maximum atomic E-state index is 12.6. The van der Waals surface area contributed by atoms with E-state index in [-0.39, 0.29) is 5.91 Å². The van der Waals surface area contributed by atoms with Crippen LogP contribution in [0.2, 0.25) is 0 Å². The van der Waals surface area contributed by atoms with Crippen LogP contribution in [0.5, 0.6) is 0 Å². The van der Waals surface area contributed by atoms with E-state index in [4.69, 9.17) is 4.52 Å². The minimum Gasteiger partial charge on any atom is -0.341 e. The Hall–Kier alpha value is -3.03. The van der Waals surface area contributed by atoms with E-state index < -0.39 is 0 Å². The predicted octanol–water partition coefficient (Wildman–Crippen LogP) is 2.51. The molecule has 1 aliphatic rings. The van der Waals surface area contributed by atoms with Gasteiger partial charge >= 0.3 is 0 Å². The molecule has 0 aliphatic carbocycles. The normalized spacial score (nSPS) is 17.0. The third-order valence-electron chi connectivity index (χ3n) is 5.10. The molecule has 1 aliphatic heterocycles. The molecule has 1 atom stereocenters. The molecule has 3 aromatic heterocycles. The van der Waals surface area contributed by atoms with Crippen molar-refractivity contribution in [1.82, 2.24) is 29.8 Å². The van der Waals surface area contributed by atoms with Gasteiger partial charge in [-0.3, -0.25) is 14.5 Å². The van der Waals surface area contributed by atoms with Gasteiger partial charge in [0, 0.05) is 38.1 Å². The van der Waals surface area contributed by atoms with Crippen LogP contribution in [-0.4, -0.2) is 48.8 Å². The van der Waals surface area contributed by atoms with E-state index in [1.807, 2.05) is 36.2 Å². The van der Waals surface area contributed by atoms with Crippen molar-refractivity contribution in [1.29, 1.82) is 0 Å². The Kier molecular flexibility index (Phi) is 5.45. The number of carbonyl (C=O) groups excluding carboxylic acids is 1. The molecule has 1 amide bonds. The number of aryl methyl sites for hydroxylation is 2.